The van der Waals surface area contributed by atoms with Crippen molar-refractivity contribution in [3.8, 4) is 0 Å². The van der Waals surface area contributed by atoms with E-state index in [1.54, 1.807) is 0 Å². The van der Waals surface area contributed by atoms with Crippen LogP contribution in [-0.4, -0.2) is 80.8 Å². The maximum atomic E-state index is 13.2. The molecule has 7 nitrogen and oxygen atoms in total. The van der Waals surface area contributed by atoms with Crippen molar-refractivity contribution in [3.63, 3.8) is 0 Å². The molecule has 1 unspecified atom stereocenters. The van der Waals surface area contributed by atoms with Gasteiger partial charge in [0.1, 0.15) is 0 Å². The van der Waals surface area contributed by atoms with Gasteiger partial charge in [0.2, 0.25) is 0 Å². The molecule has 1 atom stereocenters. The molecule has 2 amide bonds. The molecule has 0 radical (unpaired) electrons. The number of amides is 2. The molecule has 148 valence electrons. The molecule has 3 aliphatic heterocycles. The smallest absolute Gasteiger partial charge is 0.320 e. The molecule has 0 aromatic rings. The van der Waals surface area contributed by atoms with Crippen LogP contribution in [-0.2, 0) is 9.53 Å². The lowest BCUT2D eigenvalue weighted by Gasteiger charge is -2.45. The maximum Gasteiger partial charge on any atom is 0.320 e. The van der Waals surface area contributed by atoms with E-state index in [0.29, 0.717) is 24.3 Å². The summed E-state index contributed by atoms with van der Waals surface area (Å²) in [5, 5.41) is 6.91. The summed E-state index contributed by atoms with van der Waals surface area (Å²) in [5.74, 6) is 1.00. The molecule has 0 saturated carbocycles. The Labute approximate surface area is 156 Å². The predicted octanol–water partition coefficient (Wildman–Crippen LogP) is 1.05. The van der Waals surface area contributed by atoms with Gasteiger partial charge in [-0.05, 0) is 57.0 Å². The number of urea groups is 1. The summed E-state index contributed by atoms with van der Waals surface area (Å²) in [6.07, 6.45) is 5.67. The minimum atomic E-state index is -0.130. The number of piperazine rings is 1. The fourth-order valence-electron chi connectivity index (χ4n) is 4.63. The summed E-state index contributed by atoms with van der Waals surface area (Å²) in [5.41, 5.74) is 0. The van der Waals surface area contributed by atoms with Gasteiger partial charge in [-0.3, -0.25) is 4.79 Å². The van der Waals surface area contributed by atoms with Crippen LogP contribution in [0.1, 0.15) is 38.5 Å². The second-order valence-electron chi connectivity index (χ2n) is 7.88. The van der Waals surface area contributed by atoms with Crippen molar-refractivity contribution in [3.05, 3.63) is 0 Å². The number of nitrogens with one attached hydrogen (secondary N) is 2. The number of likely N-dealkylation sites (tertiary alicyclic amines) is 1. The van der Waals surface area contributed by atoms with E-state index < -0.39 is 0 Å². The lowest BCUT2D eigenvalue weighted by atomic mass is 9.88. The van der Waals surface area contributed by atoms with Crippen molar-refractivity contribution in [2.75, 3.05) is 52.9 Å². The highest BCUT2D eigenvalue weighted by molar-refractivity contribution is 5.75. The van der Waals surface area contributed by atoms with Gasteiger partial charge in [-0.25, -0.2) is 4.79 Å². The summed E-state index contributed by atoms with van der Waals surface area (Å²) in [6.45, 7) is 6.38. The van der Waals surface area contributed by atoms with Crippen molar-refractivity contribution < 1.29 is 14.3 Å². The molecule has 0 spiro atoms. The molecule has 7 heteroatoms. The number of nitrogens with zero attached hydrogens (tertiary/aromatic N) is 2. The number of rotatable bonds is 4. The fraction of sp³-hybridized carbons (Fsp3) is 0.895. The Kier molecular flexibility index (Phi) is 7.14. The van der Waals surface area contributed by atoms with E-state index >= 15 is 0 Å². The van der Waals surface area contributed by atoms with E-state index in [1.807, 2.05) is 4.90 Å². The van der Waals surface area contributed by atoms with Gasteiger partial charge in [-0.15, -0.1) is 0 Å². The zero-order chi connectivity index (χ0) is 18.4. The molecule has 2 N–H and O–H groups in total. The first-order chi connectivity index (χ1) is 12.7. The van der Waals surface area contributed by atoms with Crippen LogP contribution in [0.3, 0.4) is 0 Å². The molecule has 0 aliphatic carbocycles. The predicted molar refractivity (Wildman–Crippen MR) is 99.9 cm³/mol. The van der Waals surface area contributed by atoms with Crippen molar-refractivity contribution in [1.82, 2.24) is 20.4 Å². The molecule has 0 bridgehead atoms. The molecule has 3 saturated heterocycles. The number of methoxy groups -OCH3 is 1. The second-order valence-corrected chi connectivity index (χ2v) is 7.88. The van der Waals surface area contributed by atoms with Crippen molar-refractivity contribution in [2.24, 2.45) is 11.8 Å². The Hall–Kier alpha value is -1.34. The van der Waals surface area contributed by atoms with E-state index in [0.717, 1.165) is 77.9 Å². The van der Waals surface area contributed by atoms with Crippen LogP contribution < -0.4 is 10.6 Å². The number of ether oxygens (including phenoxy) is 1. The van der Waals surface area contributed by atoms with Gasteiger partial charge < -0.3 is 25.2 Å². The Bertz CT molecular complexity index is 473. The lowest BCUT2D eigenvalue weighted by Crippen LogP contribution is -2.61. The van der Waals surface area contributed by atoms with E-state index in [4.69, 9.17) is 4.74 Å². The first kappa shape index (κ1) is 19.4. The average molecular weight is 367 g/mol. The molecule has 26 heavy (non-hydrogen) atoms. The third-order valence-electron chi connectivity index (χ3n) is 6.33. The maximum absolute atomic E-state index is 13.2. The average Bonchev–Trinajstić information content (AvgIpc) is 2.72. The number of hydrogen-bond acceptors (Lipinski definition) is 5. The van der Waals surface area contributed by atoms with Crippen molar-refractivity contribution in [2.45, 2.75) is 44.6 Å². The topological polar surface area (TPSA) is 73.9 Å². The number of carbonyl (C=O) groups excluding carboxylic acids is 2. The minimum Gasteiger partial charge on any atom is -0.469 e. The van der Waals surface area contributed by atoms with Crippen LogP contribution in [0.5, 0.6) is 0 Å². The molecule has 3 heterocycles. The third-order valence-corrected chi connectivity index (χ3v) is 6.33. The molecular formula is C19H34N4O3. The number of esters is 1. The van der Waals surface area contributed by atoms with Crippen LogP contribution in [0, 0.1) is 11.8 Å². The minimum absolute atomic E-state index is 0.130. The van der Waals surface area contributed by atoms with E-state index in [1.165, 1.54) is 7.11 Å². The summed E-state index contributed by atoms with van der Waals surface area (Å²) < 4.78 is 4.73. The van der Waals surface area contributed by atoms with Crippen LogP contribution >= 0.6 is 0 Å². The summed E-state index contributed by atoms with van der Waals surface area (Å²) >= 11 is 0. The van der Waals surface area contributed by atoms with E-state index in [9.17, 15) is 9.59 Å². The number of piperidine rings is 2. The molecule has 3 fully saturated rings. The van der Waals surface area contributed by atoms with Gasteiger partial charge in [0, 0.05) is 45.2 Å². The monoisotopic (exact) mass is 366 g/mol. The third kappa shape index (κ3) is 4.88. The first-order valence-corrected chi connectivity index (χ1v) is 10.2. The van der Waals surface area contributed by atoms with Crippen LogP contribution in [0.25, 0.3) is 0 Å². The van der Waals surface area contributed by atoms with Crippen LogP contribution in [0.2, 0.25) is 0 Å². The summed E-state index contributed by atoms with van der Waals surface area (Å²) in [7, 11) is 1.44. The van der Waals surface area contributed by atoms with Crippen LogP contribution in [0.4, 0.5) is 4.79 Å². The standard InChI is InChI=1S/C19H34N4O3/c1-26-18(24)3-2-15-6-11-22(12-7-15)19(25)23-13-10-21-14-17(23)16-4-8-20-9-5-16/h15-17,20-21H,2-14H2,1H3. The Morgan fingerprint density at radius 2 is 1.73 bits per heavy atom. The van der Waals surface area contributed by atoms with Gasteiger partial charge >= 0.3 is 12.0 Å². The number of hydrogen-bond donors (Lipinski definition) is 2. The normalized spacial score (nSPS) is 26.0. The summed E-state index contributed by atoms with van der Waals surface area (Å²) in [6, 6.07) is 0.553. The summed E-state index contributed by atoms with van der Waals surface area (Å²) in [4.78, 5) is 28.7. The second kappa shape index (κ2) is 9.55. The van der Waals surface area contributed by atoms with Gasteiger partial charge in [0.15, 0.2) is 0 Å². The van der Waals surface area contributed by atoms with E-state index in [-0.39, 0.29) is 12.0 Å². The molecular weight excluding hydrogens is 332 g/mol. The van der Waals surface area contributed by atoms with Gasteiger partial charge in [0.25, 0.3) is 0 Å². The molecule has 3 aliphatic rings. The Balaban J connectivity index is 1.50. The first-order valence-electron chi connectivity index (χ1n) is 10.2. The van der Waals surface area contributed by atoms with Gasteiger partial charge in [-0.2, -0.15) is 0 Å². The Morgan fingerprint density at radius 1 is 1.00 bits per heavy atom. The van der Waals surface area contributed by atoms with Gasteiger partial charge in [-0.1, -0.05) is 0 Å². The lowest BCUT2D eigenvalue weighted by molar-refractivity contribution is -0.141. The zero-order valence-electron chi connectivity index (χ0n) is 16.0. The molecule has 0 aromatic carbocycles. The highest BCUT2D eigenvalue weighted by atomic mass is 16.5. The number of carbonyl (C=O) groups is 2. The Morgan fingerprint density at radius 3 is 2.42 bits per heavy atom. The quantitative estimate of drug-likeness (QED) is 0.728. The van der Waals surface area contributed by atoms with Crippen LogP contribution in [0.15, 0.2) is 0 Å². The highest BCUT2D eigenvalue weighted by Gasteiger charge is 2.36. The van der Waals surface area contributed by atoms with Crippen molar-refractivity contribution >= 4 is 12.0 Å². The zero-order valence-corrected chi connectivity index (χ0v) is 16.0. The largest absolute Gasteiger partial charge is 0.469 e. The molecule has 3 rings (SSSR count). The van der Waals surface area contributed by atoms with Crippen molar-refractivity contribution in [1.29, 1.82) is 0 Å². The highest BCUT2D eigenvalue weighted by Crippen LogP contribution is 2.26. The fourth-order valence-corrected chi connectivity index (χ4v) is 4.63. The molecule has 0 aromatic heterocycles. The van der Waals surface area contributed by atoms with Gasteiger partial charge in [0.05, 0.1) is 7.11 Å². The van der Waals surface area contributed by atoms with E-state index in [2.05, 4.69) is 15.5 Å². The SMILES string of the molecule is COC(=O)CCC1CCN(C(=O)N2CCNCC2C2CCNCC2)CC1.